The van der Waals surface area contributed by atoms with Crippen LogP contribution in [0, 0.1) is 5.41 Å². The molecule has 7 heteroatoms. The first kappa shape index (κ1) is 14.2. The van der Waals surface area contributed by atoms with Gasteiger partial charge in [-0.05, 0) is 18.3 Å². The summed E-state index contributed by atoms with van der Waals surface area (Å²) in [6, 6.07) is 0.00962. The van der Waals surface area contributed by atoms with E-state index in [9.17, 15) is 8.42 Å². The summed E-state index contributed by atoms with van der Waals surface area (Å²) in [5, 5.41) is 3.00. The molecule has 0 aromatic carbocycles. The molecule has 6 nitrogen and oxygen atoms in total. The van der Waals surface area contributed by atoms with Gasteiger partial charge in [-0.1, -0.05) is 20.8 Å². The van der Waals surface area contributed by atoms with Crippen LogP contribution < -0.4 is 10.0 Å². The molecule has 106 valence electrons. The molecule has 0 bridgehead atoms. The predicted molar refractivity (Wildman–Crippen MR) is 73.3 cm³/mol. The van der Waals surface area contributed by atoms with E-state index < -0.39 is 10.0 Å². The van der Waals surface area contributed by atoms with Crippen LogP contribution in [0.2, 0.25) is 0 Å². The molecule has 2 N–H and O–H groups in total. The second-order valence-corrected chi connectivity index (χ2v) is 7.25. The van der Waals surface area contributed by atoms with Crippen LogP contribution in [-0.2, 0) is 10.0 Å². The van der Waals surface area contributed by atoms with Crippen LogP contribution in [0.5, 0.6) is 0 Å². The molecule has 0 radical (unpaired) electrons. The second-order valence-electron chi connectivity index (χ2n) is 5.54. The maximum Gasteiger partial charge on any atom is 0.243 e. The summed E-state index contributed by atoms with van der Waals surface area (Å²) in [7, 11) is -3.51. The van der Waals surface area contributed by atoms with E-state index in [0.29, 0.717) is 5.95 Å². The molecule has 1 saturated carbocycles. The molecule has 2 rings (SSSR count). The molecule has 0 aliphatic heterocycles. The minimum atomic E-state index is -3.51. The van der Waals surface area contributed by atoms with Crippen molar-refractivity contribution in [2.45, 2.75) is 44.6 Å². The Balaban J connectivity index is 2.04. The number of nitrogens with one attached hydrogen (secondary N) is 2. The molecule has 1 fully saturated rings. The predicted octanol–water partition coefficient (Wildman–Crippen LogP) is 1.38. The van der Waals surface area contributed by atoms with E-state index >= 15 is 0 Å². The van der Waals surface area contributed by atoms with Crippen molar-refractivity contribution in [1.82, 2.24) is 14.7 Å². The highest BCUT2D eigenvalue weighted by atomic mass is 32.2. The van der Waals surface area contributed by atoms with Crippen LogP contribution in [0.1, 0.15) is 33.6 Å². The van der Waals surface area contributed by atoms with E-state index in [1.54, 1.807) is 0 Å². The van der Waals surface area contributed by atoms with Gasteiger partial charge in [-0.3, -0.25) is 0 Å². The highest BCUT2D eigenvalue weighted by molar-refractivity contribution is 7.89. The zero-order valence-electron chi connectivity index (χ0n) is 11.5. The van der Waals surface area contributed by atoms with E-state index in [2.05, 4.69) is 20.0 Å². The van der Waals surface area contributed by atoms with E-state index in [0.717, 1.165) is 19.4 Å². The number of aromatic nitrogens is 2. The number of hydrogen-bond acceptors (Lipinski definition) is 5. The van der Waals surface area contributed by atoms with Gasteiger partial charge in [-0.2, -0.15) is 0 Å². The number of sulfonamides is 1. The van der Waals surface area contributed by atoms with E-state index in [4.69, 9.17) is 0 Å². The third-order valence-electron chi connectivity index (χ3n) is 3.28. The van der Waals surface area contributed by atoms with Gasteiger partial charge < -0.3 is 5.32 Å². The van der Waals surface area contributed by atoms with Crippen molar-refractivity contribution in [2.24, 2.45) is 5.41 Å². The largest absolute Gasteiger partial charge is 0.354 e. The van der Waals surface area contributed by atoms with Gasteiger partial charge in [0.25, 0.3) is 0 Å². The summed E-state index contributed by atoms with van der Waals surface area (Å²) in [5.74, 6) is 0.451. The van der Waals surface area contributed by atoms with E-state index in [-0.39, 0.29) is 16.4 Å². The van der Waals surface area contributed by atoms with E-state index in [1.807, 2.05) is 20.8 Å². The summed E-state index contributed by atoms with van der Waals surface area (Å²) < 4.78 is 26.8. The first-order chi connectivity index (χ1) is 8.85. The molecule has 1 heterocycles. The topological polar surface area (TPSA) is 84.0 Å². The van der Waals surface area contributed by atoms with E-state index in [1.165, 1.54) is 12.4 Å². The fourth-order valence-corrected chi connectivity index (χ4v) is 3.00. The molecule has 1 aromatic heterocycles. The first-order valence-electron chi connectivity index (χ1n) is 6.43. The summed E-state index contributed by atoms with van der Waals surface area (Å²) in [5.41, 5.74) is 0.0521. The van der Waals surface area contributed by atoms with Crippen LogP contribution in [0.15, 0.2) is 17.3 Å². The van der Waals surface area contributed by atoms with Crippen LogP contribution in [0.25, 0.3) is 0 Å². The van der Waals surface area contributed by atoms with Gasteiger partial charge in [0, 0.05) is 12.6 Å². The number of nitrogens with zero attached hydrogens (tertiary/aromatic N) is 2. The van der Waals surface area contributed by atoms with Crippen LogP contribution in [0.4, 0.5) is 5.95 Å². The molecule has 1 aliphatic carbocycles. The third kappa shape index (κ3) is 3.42. The standard InChI is InChI=1S/C12H20N4O2S/c1-4-5-13-11-14-7-9(8-15-11)19(17,18)16-10-6-12(10,2)3/h7-8,10,16H,4-6H2,1-3H3,(H,13,14,15). The summed E-state index contributed by atoms with van der Waals surface area (Å²) in [4.78, 5) is 8.12. The number of anilines is 1. The van der Waals surface area contributed by atoms with Crippen molar-refractivity contribution in [1.29, 1.82) is 0 Å². The Kier molecular flexibility index (Phi) is 3.78. The summed E-state index contributed by atoms with van der Waals surface area (Å²) in [6.07, 6.45) is 4.50. The monoisotopic (exact) mass is 284 g/mol. The fraction of sp³-hybridized carbons (Fsp3) is 0.667. The van der Waals surface area contributed by atoms with Gasteiger partial charge >= 0.3 is 0 Å². The van der Waals surface area contributed by atoms with Crippen molar-refractivity contribution in [2.75, 3.05) is 11.9 Å². The van der Waals surface area contributed by atoms with Crippen molar-refractivity contribution >= 4 is 16.0 Å². The molecule has 0 saturated heterocycles. The minimum Gasteiger partial charge on any atom is -0.354 e. The Hall–Kier alpha value is -1.21. The highest BCUT2D eigenvalue weighted by Crippen LogP contribution is 2.45. The fourth-order valence-electron chi connectivity index (χ4n) is 1.71. The zero-order valence-corrected chi connectivity index (χ0v) is 12.3. The van der Waals surface area contributed by atoms with Crippen LogP contribution in [-0.4, -0.2) is 31.0 Å². The molecular formula is C12H20N4O2S. The normalized spacial score (nSPS) is 21.1. The molecule has 1 aromatic rings. The average Bonchev–Trinajstić information content (AvgIpc) is 2.93. The van der Waals surface area contributed by atoms with Gasteiger partial charge in [0.15, 0.2) is 0 Å². The molecule has 19 heavy (non-hydrogen) atoms. The van der Waals surface area contributed by atoms with Gasteiger partial charge in [0.05, 0.1) is 12.4 Å². The average molecular weight is 284 g/mol. The number of hydrogen-bond donors (Lipinski definition) is 2. The molecule has 1 aliphatic rings. The molecule has 0 spiro atoms. The van der Waals surface area contributed by atoms with Crippen molar-refractivity contribution < 1.29 is 8.42 Å². The SMILES string of the molecule is CCCNc1ncc(S(=O)(=O)NC2CC2(C)C)cn1. The maximum atomic E-state index is 12.1. The second kappa shape index (κ2) is 5.05. The minimum absolute atomic E-state index is 0.00962. The number of rotatable bonds is 6. The molecular weight excluding hydrogens is 264 g/mol. The van der Waals surface area contributed by atoms with Gasteiger partial charge in [0.1, 0.15) is 4.90 Å². The third-order valence-corrected chi connectivity index (χ3v) is 4.71. The maximum absolute atomic E-state index is 12.1. The van der Waals surface area contributed by atoms with Crippen molar-refractivity contribution in [3.63, 3.8) is 0 Å². The lowest BCUT2D eigenvalue weighted by Crippen LogP contribution is -2.28. The lowest BCUT2D eigenvalue weighted by atomic mass is 10.2. The Bertz CT molecular complexity index is 539. The molecule has 1 unspecified atom stereocenters. The molecule has 1 atom stereocenters. The lowest BCUT2D eigenvalue weighted by molar-refractivity contribution is 0.554. The Morgan fingerprint density at radius 1 is 1.37 bits per heavy atom. The molecule has 0 amide bonds. The Morgan fingerprint density at radius 3 is 2.42 bits per heavy atom. The summed E-state index contributed by atoms with van der Waals surface area (Å²) >= 11 is 0. The van der Waals surface area contributed by atoms with Crippen molar-refractivity contribution in [3.05, 3.63) is 12.4 Å². The van der Waals surface area contributed by atoms with Gasteiger partial charge in [-0.15, -0.1) is 0 Å². The first-order valence-corrected chi connectivity index (χ1v) is 7.92. The lowest BCUT2D eigenvalue weighted by Gasteiger charge is -2.08. The quantitative estimate of drug-likeness (QED) is 0.824. The summed E-state index contributed by atoms with van der Waals surface area (Å²) in [6.45, 7) is 6.87. The van der Waals surface area contributed by atoms with Crippen LogP contribution >= 0.6 is 0 Å². The smallest absolute Gasteiger partial charge is 0.243 e. The van der Waals surface area contributed by atoms with Crippen LogP contribution in [0.3, 0.4) is 0 Å². The highest BCUT2D eigenvalue weighted by Gasteiger charge is 2.47. The zero-order chi connectivity index (χ0) is 14.1. The van der Waals surface area contributed by atoms with Gasteiger partial charge in [-0.25, -0.2) is 23.1 Å². The Labute approximate surface area is 114 Å². The van der Waals surface area contributed by atoms with Gasteiger partial charge in [0.2, 0.25) is 16.0 Å². The van der Waals surface area contributed by atoms with Crippen molar-refractivity contribution in [3.8, 4) is 0 Å². The Morgan fingerprint density at radius 2 is 1.95 bits per heavy atom.